The second-order valence-electron chi connectivity index (χ2n) is 6.43. The first-order valence-corrected chi connectivity index (χ1v) is 7.38. The summed E-state index contributed by atoms with van der Waals surface area (Å²) in [5, 5.41) is 53.4. The van der Waals surface area contributed by atoms with E-state index in [1.165, 1.54) is 5.56 Å². The summed E-state index contributed by atoms with van der Waals surface area (Å²) in [7, 11) is 6.60. The first-order valence-electron chi connectivity index (χ1n) is 7.38. The van der Waals surface area contributed by atoms with Crippen LogP contribution in [0, 0.1) is 0 Å². The molecular weight excluding hydrogens is 318 g/mol. The minimum absolute atomic E-state index is 0.863. The Morgan fingerprint density at radius 3 is 1.92 bits per heavy atom. The molecule has 0 radical (unpaired) electrons. The topological polar surface area (TPSA) is 141 Å². The maximum atomic E-state index is 9.98. The zero-order chi connectivity index (χ0) is 18.9. The van der Waals surface area contributed by atoms with Gasteiger partial charge in [-0.25, -0.2) is 0 Å². The summed E-state index contributed by atoms with van der Waals surface area (Å²) in [5.41, 5.74) is 1.40. The van der Waals surface area contributed by atoms with E-state index < -0.39 is 37.0 Å². The van der Waals surface area contributed by atoms with Crippen molar-refractivity contribution < 1.29 is 39.9 Å². The van der Waals surface area contributed by atoms with Gasteiger partial charge in [0.1, 0.15) is 31.0 Å². The maximum Gasteiger partial charge on any atom is 0.122 e. The fourth-order valence-electron chi connectivity index (χ4n) is 1.79. The number of hydrogen-bond donors (Lipinski definition) is 5. The molecule has 0 aromatic heterocycles. The van der Waals surface area contributed by atoms with E-state index in [0.29, 0.717) is 0 Å². The molecule has 0 saturated heterocycles. The van der Waals surface area contributed by atoms with Crippen LogP contribution in [0.2, 0.25) is 0 Å². The van der Waals surface area contributed by atoms with Gasteiger partial charge in [0.05, 0.1) is 33.7 Å². The smallest absolute Gasteiger partial charge is 0.122 e. The molecule has 0 aliphatic carbocycles. The maximum absolute atomic E-state index is 9.98. The molecule has 1 rings (SSSR count). The number of quaternary nitrogens is 1. The Bertz CT molecular complexity index is 475. The van der Waals surface area contributed by atoms with Gasteiger partial charge in [-0.3, -0.25) is 0 Å². The third-order valence-electron chi connectivity index (χ3n) is 3.00. The first-order chi connectivity index (χ1) is 11.0. The minimum Gasteiger partial charge on any atom is -0.547 e. The molecule has 0 unspecified atom stereocenters. The van der Waals surface area contributed by atoms with Crippen LogP contribution in [0.15, 0.2) is 30.3 Å². The largest absolute Gasteiger partial charge is 0.547 e. The number of nitrogens with zero attached hydrogens (tertiary/aromatic N) is 1. The Kier molecular flexibility index (Phi) is 9.67. The third kappa shape index (κ3) is 8.92. The number of rotatable bonds is 7. The van der Waals surface area contributed by atoms with E-state index in [1.54, 1.807) is 0 Å². The summed E-state index contributed by atoms with van der Waals surface area (Å²) in [6.45, 7) is 0.235. The number of carbonyl (C=O) groups excluding carboxylic acids is 1. The highest BCUT2D eigenvalue weighted by molar-refractivity contribution is 5.70. The molecule has 4 atom stereocenters. The number of carboxylic acids is 1. The standard InChI is InChI=1S/C10H16N.C6H12O7/c1-11(2,3)9-10-7-5-4-6-8-10;7-1-2(8)3(9)4(10)5(11)6(12)13/h4-8H,9H2,1-3H3;2-5,7-11H,1H2,(H,12,13)/q+1;/p-1/t;2-,3-,4+,5-/m.1/s1. The van der Waals surface area contributed by atoms with Crippen LogP contribution >= 0.6 is 0 Å². The fourth-order valence-corrected chi connectivity index (χ4v) is 1.79. The molecule has 0 heterocycles. The van der Waals surface area contributed by atoms with Crippen molar-refractivity contribution in [2.24, 2.45) is 0 Å². The Morgan fingerprint density at radius 2 is 1.54 bits per heavy atom. The van der Waals surface area contributed by atoms with Gasteiger partial charge in [0.25, 0.3) is 0 Å². The first kappa shape index (κ1) is 22.4. The van der Waals surface area contributed by atoms with E-state index in [1.807, 2.05) is 0 Å². The van der Waals surface area contributed by atoms with Crippen LogP contribution in [-0.2, 0) is 11.3 Å². The molecule has 0 aliphatic rings. The molecule has 5 N–H and O–H groups in total. The minimum atomic E-state index is -2.31. The number of hydrogen-bond acceptors (Lipinski definition) is 7. The average molecular weight is 345 g/mol. The highest BCUT2D eigenvalue weighted by Gasteiger charge is 2.30. The van der Waals surface area contributed by atoms with Crippen molar-refractivity contribution in [1.82, 2.24) is 0 Å². The molecule has 0 spiro atoms. The number of aliphatic hydroxyl groups is 5. The average Bonchev–Trinajstić information content (AvgIpc) is 2.51. The van der Waals surface area contributed by atoms with E-state index in [9.17, 15) is 9.90 Å². The second kappa shape index (κ2) is 10.3. The van der Waals surface area contributed by atoms with Gasteiger partial charge in [-0.15, -0.1) is 0 Å². The summed E-state index contributed by atoms with van der Waals surface area (Å²) < 4.78 is 0.990. The van der Waals surface area contributed by atoms with E-state index >= 15 is 0 Å². The Labute approximate surface area is 141 Å². The number of aliphatic carboxylic acids is 1. The molecule has 8 heteroatoms. The number of aliphatic hydroxyl groups excluding tert-OH is 5. The summed E-state index contributed by atoms with van der Waals surface area (Å²) in [6, 6.07) is 10.6. The monoisotopic (exact) mass is 345 g/mol. The van der Waals surface area contributed by atoms with Crippen LogP contribution in [0.5, 0.6) is 0 Å². The van der Waals surface area contributed by atoms with Gasteiger partial charge in [-0.2, -0.15) is 0 Å². The molecule has 24 heavy (non-hydrogen) atoms. The molecule has 1 aromatic rings. The zero-order valence-corrected chi connectivity index (χ0v) is 14.1. The van der Waals surface area contributed by atoms with Gasteiger partial charge < -0.3 is 39.9 Å². The SMILES string of the molecule is C[N+](C)(C)Cc1ccccc1.O=C([O-])[C@H](O)[C@@H](O)[C@H](O)[C@H](O)CO. The normalized spacial score (nSPS) is 16.3. The van der Waals surface area contributed by atoms with Crippen molar-refractivity contribution >= 4 is 5.97 Å². The Balaban J connectivity index is 0.000000446. The van der Waals surface area contributed by atoms with Crippen LogP contribution in [0.1, 0.15) is 5.56 Å². The lowest BCUT2D eigenvalue weighted by Gasteiger charge is -2.25. The van der Waals surface area contributed by atoms with Crippen molar-refractivity contribution in [1.29, 1.82) is 0 Å². The molecule has 8 nitrogen and oxygen atoms in total. The lowest BCUT2D eigenvalue weighted by Crippen LogP contribution is -2.52. The van der Waals surface area contributed by atoms with Gasteiger partial charge >= 0.3 is 0 Å². The summed E-state index contributed by atoms with van der Waals surface area (Å²) in [4.78, 5) is 9.98. The lowest BCUT2D eigenvalue weighted by molar-refractivity contribution is -0.884. The Hall–Kier alpha value is -1.55. The van der Waals surface area contributed by atoms with Gasteiger partial charge in [-0.1, -0.05) is 30.3 Å². The van der Waals surface area contributed by atoms with E-state index in [-0.39, 0.29) is 0 Å². The highest BCUT2D eigenvalue weighted by atomic mass is 16.4. The predicted octanol–water partition coefficient (Wildman–Crippen LogP) is -2.93. The predicted molar refractivity (Wildman–Crippen MR) is 84.3 cm³/mol. The van der Waals surface area contributed by atoms with Crippen LogP contribution in [0.25, 0.3) is 0 Å². The lowest BCUT2D eigenvalue weighted by atomic mass is 10.0. The van der Waals surface area contributed by atoms with Crippen LogP contribution < -0.4 is 5.11 Å². The molecule has 0 amide bonds. The molecule has 0 saturated carbocycles. The second-order valence-corrected chi connectivity index (χ2v) is 6.43. The molecule has 0 fully saturated rings. The van der Waals surface area contributed by atoms with Crippen molar-refractivity contribution in [3.8, 4) is 0 Å². The van der Waals surface area contributed by atoms with Crippen molar-refractivity contribution in [3.63, 3.8) is 0 Å². The van der Waals surface area contributed by atoms with Gasteiger partial charge in [0.15, 0.2) is 0 Å². The van der Waals surface area contributed by atoms with Crippen molar-refractivity contribution in [3.05, 3.63) is 35.9 Å². The third-order valence-corrected chi connectivity index (χ3v) is 3.00. The summed E-state index contributed by atoms with van der Waals surface area (Å²) >= 11 is 0. The van der Waals surface area contributed by atoms with Crippen LogP contribution in [-0.4, -0.2) is 88.2 Å². The van der Waals surface area contributed by atoms with E-state index in [2.05, 4.69) is 51.5 Å². The molecule has 0 aliphatic heterocycles. The Morgan fingerprint density at radius 1 is 1.04 bits per heavy atom. The van der Waals surface area contributed by atoms with Gasteiger partial charge in [0.2, 0.25) is 0 Å². The van der Waals surface area contributed by atoms with Crippen LogP contribution in [0.3, 0.4) is 0 Å². The summed E-state index contributed by atoms with van der Waals surface area (Å²) in [6.07, 6.45) is -8.08. The molecule has 138 valence electrons. The van der Waals surface area contributed by atoms with Gasteiger partial charge in [-0.05, 0) is 0 Å². The quantitative estimate of drug-likeness (QED) is 0.333. The van der Waals surface area contributed by atoms with Gasteiger partial charge in [0, 0.05) is 5.56 Å². The molecule has 1 aromatic carbocycles. The molecule has 0 bridgehead atoms. The van der Waals surface area contributed by atoms with Crippen molar-refractivity contribution in [2.75, 3.05) is 27.7 Å². The van der Waals surface area contributed by atoms with E-state index in [0.717, 1.165) is 11.0 Å². The zero-order valence-electron chi connectivity index (χ0n) is 14.1. The highest BCUT2D eigenvalue weighted by Crippen LogP contribution is 2.05. The van der Waals surface area contributed by atoms with Crippen LogP contribution in [0.4, 0.5) is 0 Å². The molecular formula is C16H27NO7. The number of carbonyl (C=O) groups is 1. The number of benzene rings is 1. The summed E-state index contributed by atoms with van der Waals surface area (Å²) in [5.74, 6) is -1.98. The van der Waals surface area contributed by atoms with Crippen molar-refractivity contribution in [2.45, 2.75) is 31.0 Å². The number of carboxylic acid groups (broad SMARTS) is 1. The van der Waals surface area contributed by atoms with E-state index in [4.69, 9.17) is 25.5 Å². The fraction of sp³-hybridized carbons (Fsp3) is 0.562.